The van der Waals surface area contributed by atoms with Crippen molar-refractivity contribution in [1.82, 2.24) is 10.2 Å². The lowest BCUT2D eigenvalue weighted by molar-refractivity contribution is -0.141. The first-order chi connectivity index (χ1) is 16.1. The molecule has 2 aromatic rings. The predicted octanol–water partition coefficient (Wildman–Crippen LogP) is 3.79. The van der Waals surface area contributed by atoms with Gasteiger partial charge in [-0.2, -0.15) is 0 Å². The fourth-order valence-corrected chi connectivity index (χ4v) is 4.83. The van der Waals surface area contributed by atoms with Crippen LogP contribution in [0.1, 0.15) is 49.8 Å². The Morgan fingerprint density at radius 1 is 1.00 bits per heavy atom. The van der Waals surface area contributed by atoms with Gasteiger partial charge in [0.1, 0.15) is 6.04 Å². The Bertz CT molecular complexity index is 1070. The van der Waals surface area contributed by atoms with Crippen LogP contribution in [-0.4, -0.2) is 50.5 Å². The van der Waals surface area contributed by atoms with Crippen LogP contribution in [0.15, 0.2) is 48.5 Å². The van der Waals surface area contributed by atoms with E-state index in [1.165, 1.54) is 10.6 Å². The lowest BCUT2D eigenvalue weighted by Gasteiger charge is -2.31. The van der Waals surface area contributed by atoms with Crippen LogP contribution in [0.5, 0.6) is 0 Å². The van der Waals surface area contributed by atoms with Gasteiger partial charge in [0.15, 0.2) is 0 Å². The minimum Gasteiger partial charge on any atom is -0.355 e. The third-order valence-electron chi connectivity index (χ3n) is 5.86. The lowest BCUT2D eigenvalue weighted by Crippen LogP contribution is -2.49. The van der Waals surface area contributed by atoms with Gasteiger partial charge in [-0.1, -0.05) is 43.3 Å². The van der Waals surface area contributed by atoms with Gasteiger partial charge in [-0.3, -0.25) is 13.9 Å². The maximum absolute atomic E-state index is 13.3. The summed E-state index contributed by atoms with van der Waals surface area (Å²) in [5.41, 5.74) is 3.61. The zero-order valence-electron chi connectivity index (χ0n) is 20.9. The molecule has 2 rings (SSSR count). The second-order valence-electron chi connectivity index (χ2n) is 8.53. The molecule has 0 unspecified atom stereocenters. The van der Waals surface area contributed by atoms with Gasteiger partial charge in [0, 0.05) is 26.1 Å². The van der Waals surface area contributed by atoms with E-state index >= 15 is 0 Å². The molecule has 0 fully saturated rings. The van der Waals surface area contributed by atoms with Gasteiger partial charge in [0.2, 0.25) is 21.8 Å². The molecule has 2 amide bonds. The summed E-state index contributed by atoms with van der Waals surface area (Å²) in [5.74, 6) is -0.349. The second-order valence-corrected chi connectivity index (χ2v) is 10.4. The standard InChI is InChI=1S/C26H37N3O4S/c1-6-24(26(31)27-7-2)28(19-22-12-9-8-10-13-22)25(30)14-11-17-29(34(5,32)33)23-16-15-20(3)21(4)18-23/h8-10,12-13,15-16,18,24H,6-7,11,14,17,19H2,1-5H3,(H,27,31)/t24-/m0/s1. The number of amides is 2. The molecule has 0 spiro atoms. The van der Waals surface area contributed by atoms with Crippen LogP contribution >= 0.6 is 0 Å². The number of carbonyl (C=O) groups is 2. The zero-order chi connectivity index (χ0) is 25.3. The Hall–Kier alpha value is -2.87. The minimum atomic E-state index is -3.51. The zero-order valence-corrected chi connectivity index (χ0v) is 21.7. The van der Waals surface area contributed by atoms with E-state index in [4.69, 9.17) is 0 Å². The summed E-state index contributed by atoms with van der Waals surface area (Å²) in [6.07, 6.45) is 2.14. The van der Waals surface area contributed by atoms with Crippen molar-refractivity contribution in [2.24, 2.45) is 0 Å². The number of nitrogens with one attached hydrogen (secondary N) is 1. The predicted molar refractivity (Wildman–Crippen MR) is 137 cm³/mol. The van der Waals surface area contributed by atoms with Gasteiger partial charge >= 0.3 is 0 Å². The number of carbonyl (C=O) groups excluding carboxylic acids is 2. The summed E-state index contributed by atoms with van der Waals surface area (Å²) in [7, 11) is -3.51. The van der Waals surface area contributed by atoms with Crippen LogP contribution in [-0.2, 0) is 26.2 Å². The summed E-state index contributed by atoms with van der Waals surface area (Å²) >= 11 is 0. The maximum atomic E-state index is 13.3. The van der Waals surface area contributed by atoms with Crippen molar-refractivity contribution in [3.8, 4) is 0 Å². The largest absolute Gasteiger partial charge is 0.355 e. The molecule has 0 heterocycles. The van der Waals surface area contributed by atoms with Crippen LogP contribution < -0.4 is 9.62 Å². The fraction of sp³-hybridized carbons (Fsp3) is 0.462. The molecule has 1 N–H and O–H groups in total. The third kappa shape index (κ3) is 7.58. The normalized spacial score (nSPS) is 12.1. The Balaban J connectivity index is 2.19. The van der Waals surface area contributed by atoms with Crippen LogP contribution in [0.3, 0.4) is 0 Å². The first-order valence-corrected chi connectivity index (χ1v) is 13.6. The van der Waals surface area contributed by atoms with E-state index < -0.39 is 16.1 Å². The van der Waals surface area contributed by atoms with Crippen molar-refractivity contribution in [3.05, 3.63) is 65.2 Å². The molecule has 2 aromatic carbocycles. The quantitative estimate of drug-likeness (QED) is 0.493. The summed E-state index contributed by atoms with van der Waals surface area (Å²) in [6.45, 7) is 8.64. The molecule has 0 aliphatic heterocycles. The van der Waals surface area contributed by atoms with Gasteiger partial charge in [0.05, 0.1) is 11.9 Å². The fourth-order valence-electron chi connectivity index (χ4n) is 3.88. The molecular formula is C26H37N3O4S. The Kier molecular flexibility index (Phi) is 10.1. The molecular weight excluding hydrogens is 450 g/mol. The number of anilines is 1. The summed E-state index contributed by atoms with van der Waals surface area (Å²) in [5, 5.41) is 2.82. The van der Waals surface area contributed by atoms with Gasteiger partial charge in [-0.25, -0.2) is 8.42 Å². The van der Waals surface area contributed by atoms with Gasteiger partial charge < -0.3 is 10.2 Å². The highest BCUT2D eigenvalue weighted by Crippen LogP contribution is 2.22. The first-order valence-electron chi connectivity index (χ1n) is 11.7. The van der Waals surface area contributed by atoms with Gasteiger partial charge in [-0.15, -0.1) is 0 Å². The Morgan fingerprint density at radius 2 is 1.68 bits per heavy atom. The van der Waals surface area contributed by atoms with Crippen molar-refractivity contribution in [2.45, 2.75) is 59.5 Å². The van der Waals surface area contributed by atoms with E-state index in [2.05, 4.69) is 5.32 Å². The highest BCUT2D eigenvalue weighted by atomic mass is 32.2. The van der Waals surface area contributed by atoms with Crippen LogP contribution in [0.2, 0.25) is 0 Å². The molecule has 0 aliphatic rings. The average Bonchev–Trinajstić information content (AvgIpc) is 2.78. The molecule has 8 heteroatoms. The smallest absolute Gasteiger partial charge is 0.242 e. The van der Waals surface area contributed by atoms with E-state index in [1.54, 1.807) is 11.0 Å². The number of rotatable bonds is 12. The summed E-state index contributed by atoms with van der Waals surface area (Å²) < 4.78 is 26.3. The van der Waals surface area contributed by atoms with Crippen LogP contribution in [0.4, 0.5) is 5.69 Å². The van der Waals surface area contributed by atoms with Gasteiger partial charge in [-0.05, 0) is 62.4 Å². The number of nitrogens with zero attached hydrogens (tertiary/aromatic N) is 2. The maximum Gasteiger partial charge on any atom is 0.242 e. The molecule has 1 atom stereocenters. The van der Waals surface area contributed by atoms with E-state index in [-0.39, 0.29) is 24.8 Å². The second kappa shape index (κ2) is 12.6. The first kappa shape index (κ1) is 27.4. The van der Waals surface area contributed by atoms with Crippen molar-refractivity contribution >= 4 is 27.5 Å². The monoisotopic (exact) mass is 487 g/mol. The van der Waals surface area contributed by atoms with Crippen LogP contribution in [0.25, 0.3) is 0 Å². The molecule has 34 heavy (non-hydrogen) atoms. The van der Waals surface area contributed by atoms with E-state index in [0.29, 0.717) is 31.6 Å². The number of hydrogen-bond acceptors (Lipinski definition) is 4. The van der Waals surface area contributed by atoms with Crippen LogP contribution in [0, 0.1) is 13.8 Å². The minimum absolute atomic E-state index is 0.138. The summed E-state index contributed by atoms with van der Waals surface area (Å²) in [4.78, 5) is 27.6. The average molecular weight is 488 g/mol. The molecule has 7 nitrogen and oxygen atoms in total. The molecule has 0 saturated carbocycles. The highest BCUT2D eigenvalue weighted by molar-refractivity contribution is 7.92. The molecule has 186 valence electrons. The van der Waals surface area contributed by atoms with Crippen molar-refractivity contribution in [2.75, 3.05) is 23.7 Å². The van der Waals surface area contributed by atoms with E-state index in [0.717, 1.165) is 16.7 Å². The molecule has 0 aliphatic carbocycles. The number of benzene rings is 2. The number of aryl methyl sites for hydroxylation is 2. The Morgan fingerprint density at radius 3 is 2.24 bits per heavy atom. The van der Waals surface area contributed by atoms with Crippen molar-refractivity contribution in [1.29, 1.82) is 0 Å². The highest BCUT2D eigenvalue weighted by Gasteiger charge is 2.28. The number of hydrogen-bond donors (Lipinski definition) is 1. The van der Waals surface area contributed by atoms with E-state index in [1.807, 2.05) is 70.2 Å². The lowest BCUT2D eigenvalue weighted by atomic mass is 10.1. The topological polar surface area (TPSA) is 86.8 Å². The Labute approximate surface area is 204 Å². The molecule has 0 radical (unpaired) electrons. The van der Waals surface area contributed by atoms with E-state index in [9.17, 15) is 18.0 Å². The number of likely N-dealkylation sites (N-methyl/N-ethyl adjacent to an activating group) is 1. The molecule has 0 aromatic heterocycles. The molecule has 0 saturated heterocycles. The van der Waals surface area contributed by atoms with Crippen molar-refractivity contribution in [3.63, 3.8) is 0 Å². The number of sulfonamides is 1. The van der Waals surface area contributed by atoms with Crippen molar-refractivity contribution < 1.29 is 18.0 Å². The SMILES string of the molecule is CCNC(=O)[C@H](CC)N(Cc1ccccc1)C(=O)CCCN(c1ccc(C)c(C)c1)S(C)(=O)=O. The summed E-state index contributed by atoms with van der Waals surface area (Å²) in [6, 6.07) is 14.5. The van der Waals surface area contributed by atoms with Gasteiger partial charge in [0.25, 0.3) is 0 Å². The third-order valence-corrected chi connectivity index (χ3v) is 7.06. The molecule has 0 bridgehead atoms.